The van der Waals surface area contributed by atoms with Gasteiger partial charge in [-0.05, 0) is 104 Å². The second kappa shape index (κ2) is 15.7. The molecule has 1 heterocycles. The monoisotopic (exact) mass is 700 g/mol. The van der Waals surface area contributed by atoms with Gasteiger partial charge in [0, 0.05) is 27.7 Å². The molecule has 5 aliphatic rings. The minimum absolute atomic E-state index is 0.0391. The van der Waals surface area contributed by atoms with Gasteiger partial charge in [-0.2, -0.15) is 0 Å². The van der Waals surface area contributed by atoms with Crippen molar-refractivity contribution in [2.45, 2.75) is 163 Å². The van der Waals surface area contributed by atoms with Crippen LogP contribution in [0.4, 0.5) is 0 Å². The average molecular weight is 701 g/mol. The SMILES string of the molecule is CC(=O)OC[C@H]1O[C@@H]([C@H]2CC[C@@]3(C)C(=CC[C@H]4[C@@H]5CC[C@H]([C@H](C)CCCC(C)C)[C@@]5(C)CC[C@@H]43)C2)[C@H](OC(C)=O)[C@@H](OC(C)=O)[C@@H]1OC(C)=O. The summed E-state index contributed by atoms with van der Waals surface area (Å²) in [6, 6.07) is 0. The van der Waals surface area contributed by atoms with Crippen LogP contribution in [-0.2, 0) is 42.9 Å². The molecule has 0 spiro atoms. The van der Waals surface area contributed by atoms with Crippen molar-refractivity contribution in [2.75, 3.05) is 6.61 Å². The summed E-state index contributed by atoms with van der Waals surface area (Å²) in [5, 5.41) is 0. The number of carbonyl (C=O) groups is 4. The molecule has 4 aliphatic carbocycles. The van der Waals surface area contributed by atoms with Gasteiger partial charge >= 0.3 is 23.9 Å². The molecule has 50 heavy (non-hydrogen) atoms. The van der Waals surface area contributed by atoms with E-state index in [-0.39, 0.29) is 17.9 Å². The zero-order valence-corrected chi connectivity index (χ0v) is 32.2. The number of esters is 4. The first kappa shape index (κ1) is 38.8. The smallest absolute Gasteiger partial charge is 0.303 e. The zero-order chi connectivity index (χ0) is 36.5. The predicted molar refractivity (Wildman–Crippen MR) is 188 cm³/mol. The van der Waals surface area contributed by atoms with E-state index >= 15 is 0 Å². The molecule has 0 unspecified atom stereocenters. The number of allylic oxidation sites excluding steroid dienone is 2. The second-order valence-electron chi connectivity index (χ2n) is 17.5. The fourth-order valence-corrected chi connectivity index (χ4v) is 11.6. The highest BCUT2D eigenvalue weighted by atomic mass is 16.7. The van der Waals surface area contributed by atoms with Gasteiger partial charge in [0.1, 0.15) is 18.8 Å². The minimum atomic E-state index is -1.12. The molecular formula is C41H64O9. The standard InChI is InChI=1S/C41H64O9/c1-23(2)11-10-12-24(3)32-15-16-33-31-14-13-30-21-29(17-19-40(30,8)34(31)18-20-41(32,33)9)36-38(48-27(6)44)39(49-28(7)45)37(47-26(5)43)35(50-36)22-46-25(4)42/h13,23-24,29,31-39H,10-12,14-22H2,1-9H3/t24-,29+,31+,32-,33+,34+,35-,36+,37-,38+,39+,40+,41-/m1/s1. The molecule has 0 radical (unpaired) electrons. The highest BCUT2D eigenvalue weighted by Gasteiger charge is 2.61. The normalized spacial score (nSPS) is 40.0. The molecule has 0 aromatic carbocycles. The van der Waals surface area contributed by atoms with Crippen LogP contribution in [0.5, 0.6) is 0 Å². The fourth-order valence-electron chi connectivity index (χ4n) is 11.6. The first-order valence-corrected chi connectivity index (χ1v) is 19.5. The second-order valence-corrected chi connectivity index (χ2v) is 17.5. The zero-order valence-electron chi connectivity index (χ0n) is 32.2. The summed E-state index contributed by atoms with van der Waals surface area (Å²) in [5.41, 5.74) is 1.98. The highest BCUT2D eigenvalue weighted by molar-refractivity contribution is 5.68. The Kier molecular flexibility index (Phi) is 12.2. The number of ether oxygens (including phenoxy) is 5. The Morgan fingerprint density at radius 2 is 1.46 bits per heavy atom. The van der Waals surface area contributed by atoms with E-state index in [2.05, 4.69) is 40.7 Å². The van der Waals surface area contributed by atoms with Crippen LogP contribution in [-0.4, -0.2) is 61.0 Å². The summed E-state index contributed by atoms with van der Waals surface area (Å²) in [6.07, 6.45) is 10.8. The summed E-state index contributed by atoms with van der Waals surface area (Å²) in [7, 11) is 0. The molecule has 9 nitrogen and oxygen atoms in total. The Labute approximate surface area is 300 Å². The Hall–Kier alpha value is -2.42. The summed E-state index contributed by atoms with van der Waals surface area (Å²) in [5.74, 6) is 2.18. The van der Waals surface area contributed by atoms with Crippen molar-refractivity contribution in [1.82, 2.24) is 0 Å². The molecule has 282 valence electrons. The molecule has 13 atom stereocenters. The molecule has 0 aromatic heterocycles. The van der Waals surface area contributed by atoms with E-state index in [0.29, 0.717) is 17.3 Å². The number of hydrogen-bond donors (Lipinski definition) is 0. The minimum Gasteiger partial charge on any atom is -0.463 e. The van der Waals surface area contributed by atoms with Crippen molar-refractivity contribution in [3.63, 3.8) is 0 Å². The third kappa shape index (κ3) is 7.97. The van der Waals surface area contributed by atoms with E-state index in [1.807, 2.05) is 0 Å². The number of fused-ring (bicyclic) bond motifs is 5. The molecular weight excluding hydrogens is 636 g/mol. The van der Waals surface area contributed by atoms with Gasteiger partial charge in [0.2, 0.25) is 0 Å². The van der Waals surface area contributed by atoms with Gasteiger partial charge in [-0.25, -0.2) is 0 Å². The van der Waals surface area contributed by atoms with Crippen LogP contribution in [0.25, 0.3) is 0 Å². The Morgan fingerprint density at radius 3 is 2.10 bits per heavy atom. The summed E-state index contributed by atoms with van der Waals surface area (Å²) < 4.78 is 29.2. The predicted octanol–water partition coefficient (Wildman–Crippen LogP) is 7.77. The third-order valence-electron chi connectivity index (χ3n) is 13.8. The molecule has 5 rings (SSSR count). The lowest BCUT2D eigenvalue weighted by Gasteiger charge is -2.59. The van der Waals surface area contributed by atoms with Gasteiger partial charge in [0.05, 0.1) is 0 Å². The van der Waals surface area contributed by atoms with Gasteiger partial charge in [-0.1, -0.05) is 65.5 Å². The number of carbonyl (C=O) groups excluding carboxylic acids is 4. The van der Waals surface area contributed by atoms with Crippen molar-refractivity contribution >= 4 is 23.9 Å². The van der Waals surface area contributed by atoms with Crippen molar-refractivity contribution in [1.29, 1.82) is 0 Å². The van der Waals surface area contributed by atoms with Crippen LogP contribution in [0.15, 0.2) is 11.6 Å². The first-order valence-electron chi connectivity index (χ1n) is 19.5. The van der Waals surface area contributed by atoms with Crippen molar-refractivity contribution < 1.29 is 42.9 Å². The van der Waals surface area contributed by atoms with Crippen LogP contribution in [0.1, 0.15) is 133 Å². The maximum Gasteiger partial charge on any atom is 0.303 e. The average Bonchev–Trinajstić information content (AvgIpc) is 3.38. The largest absolute Gasteiger partial charge is 0.463 e. The van der Waals surface area contributed by atoms with Crippen LogP contribution in [0, 0.1) is 52.3 Å². The molecule has 0 amide bonds. The van der Waals surface area contributed by atoms with Crippen molar-refractivity contribution in [3.05, 3.63) is 11.6 Å². The summed E-state index contributed by atoms with van der Waals surface area (Å²) >= 11 is 0. The number of hydrogen-bond acceptors (Lipinski definition) is 9. The van der Waals surface area contributed by atoms with Gasteiger partial charge in [0.15, 0.2) is 18.3 Å². The molecule has 0 N–H and O–H groups in total. The lowest BCUT2D eigenvalue weighted by molar-refractivity contribution is -0.262. The quantitative estimate of drug-likeness (QED) is 0.121. The van der Waals surface area contributed by atoms with E-state index in [9.17, 15) is 19.2 Å². The Bertz CT molecular complexity index is 1290. The van der Waals surface area contributed by atoms with Gasteiger partial charge in [-0.15, -0.1) is 0 Å². The maximum atomic E-state index is 12.5. The maximum absolute atomic E-state index is 12.5. The van der Waals surface area contributed by atoms with Gasteiger partial charge < -0.3 is 23.7 Å². The van der Waals surface area contributed by atoms with Crippen LogP contribution < -0.4 is 0 Å². The molecule has 1 saturated heterocycles. The van der Waals surface area contributed by atoms with E-state index in [4.69, 9.17) is 23.7 Å². The van der Waals surface area contributed by atoms with Gasteiger partial charge in [-0.3, -0.25) is 19.2 Å². The summed E-state index contributed by atoms with van der Waals surface area (Å²) in [4.78, 5) is 48.9. The first-order chi connectivity index (χ1) is 23.5. The lowest BCUT2D eigenvalue weighted by atomic mass is 9.46. The Balaban J connectivity index is 1.37. The lowest BCUT2D eigenvalue weighted by Crippen LogP contribution is -2.64. The number of rotatable bonds is 11. The topological polar surface area (TPSA) is 114 Å². The Morgan fingerprint density at radius 1 is 0.800 bits per heavy atom. The summed E-state index contributed by atoms with van der Waals surface area (Å²) in [6.45, 7) is 17.3. The van der Waals surface area contributed by atoms with Crippen molar-refractivity contribution in [2.24, 2.45) is 52.3 Å². The van der Waals surface area contributed by atoms with Crippen LogP contribution in [0.3, 0.4) is 0 Å². The van der Waals surface area contributed by atoms with Crippen molar-refractivity contribution in [3.8, 4) is 0 Å². The molecule has 4 fully saturated rings. The van der Waals surface area contributed by atoms with E-state index in [0.717, 1.165) is 49.4 Å². The highest BCUT2D eigenvalue weighted by Crippen LogP contribution is 2.68. The third-order valence-corrected chi connectivity index (χ3v) is 13.8. The van der Waals surface area contributed by atoms with E-state index in [1.54, 1.807) is 0 Å². The van der Waals surface area contributed by atoms with E-state index < -0.39 is 54.4 Å². The molecule has 3 saturated carbocycles. The van der Waals surface area contributed by atoms with Crippen LogP contribution >= 0.6 is 0 Å². The van der Waals surface area contributed by atoms with Gasteiger partial charge in [0.25, 0.3) is 0 Å². The molecule has 1 aliphatic heterocycles. The molecule has 9 heteroatoms. The molecule has 0 bridgehead atoms. The van der Waals surface area contributed by atoms with E-state index in [1.165, 1.54) is 78.2 Å². The fraction of sp³-hybridized carbons (Fsp3) is 0.854. The molecule has 0 aromatic rings. The van der Waals surface area contributed by atoms with Crippen LogP contribution in [0.2, 0.25) is 0 Å².